The molecular weight excluding hydrogens is 230 g/mol. The average Bonchev–Trinajstić information content (AvgIpc) is 2.60. The van der Waals surface area contributed by atoms with E-state index in [1.165, 1.54) is 19.2 Å². The zero-order chi connectivity index (χ0) is 12.8. The van der Waals surface area contributed by atoms with E-state index >= 15 is 0 Å². The van der Waals surface area contributed by atoms with Gasteiger partial charge in [-0.1, -0.05) is 0 Å². The lowest BCUT2D eigenvalue weighted by atomic mass is 10.2. The van der Waals surface area contributed by atoms with Crippen molar-refractivity contribution in [1.29, 1.82) is 0 Å². The van der Waals surface area contributed by atoms with E-state index in [-0.39, 0.29) is 31.0 Å². The third kappa shape index (κ3) is 3.71. The molecule has 0 saturated heterocycles. The largest absolute Gasteiger partial charge is 0.492 e. The van der Waals surface area contributed by atoms with Crippen LogP contribution in [0.4, 0.5) is 0 Å². The van der Waals surface area contributed by atoms with Gasteiger partial charge in [-0.2, -0.15) is 0 Å². The monoisotopic (exact) mass is 243 g/mol. The van der Waals surface area contributed by atoms with E-state index in [0.29, 0.717) is 4.73 Å². The summed E-state index contributed by atoms with van der Waals surface area (Å²) >= 11 is 0. The van der Waals surface area contributed by atoms with Crippen LogP contribution in [0.15, 0.2) is 12.1 Å². The van der Waals surface area contributed by atoms with Gasteiger partial charge in [0, 0.05) is 25.0 Å². The van der Waals surface area contributed by atoms with Crippen LogP contribution in [0.5, 0.6) is 11.8 Å². The molecule has 0 aliphatic carbocycles. The number of ether oxygens (including phenoxy) is 1. The van der Waals surface area contributed by atoms with Crippen molar-refractivity contribution in [3.05, 3.63) is 12.1 Å². The molecule has 0 unspecified atom stereocenters. The molecule has 7 nitrogen and oxygen atoms in total. The summed E-state index contributed by atoms with van der Waals surface area (Å²) < 4.78 is 5.00. The molecule has 1 rings (SSSR count). The van der Waals surface area contributed by atoms with Crippen molar-refractivity contribution in [1.82, 2.24) is 4.73 Å². The molecule has 0 bridgehead atoms. The Kier molecular flexibility index (Phi) is 4.38. The van der Waals surface area contributed by atoms with Crippen molar-refractivity contribution >= 4 is 11.9 Å². The van der Waals surface area contributed by atoms with E-state index in [1.807, 2.05) is 0 Å². The van der Waals surface area contributed by atoms with Crippen LogP contribution in [0, 0.1) is 0 Å². The first kappa shape index (κ1) is 12.9. The molecule has 0 amide bonds. The molecule has 0 aliphatic rings. The fourth-order valence-corrected chi connectivity index (χ4v) is 1.12. The standard InChI is InChI=1S/C10H13NO6/c1-16-9(14)3-2-4-10(15)17-11-7(12)5-6-8(11)13/h5-6,12-13H,2-4H2,1H3. The molecule has 1 heterocycles. The summed E-state index contributed by atoms with van der Waals surface area (Å²) in [7, 11) is 1.26. The maximum absolute atomic E-state index is 11.3. The first-order valence-corrected chi connectivity index (χ1v) is 4.92. The molecule has 1 aromatic rings. The van der Waals surface area contributed by atoms with E-state index in [4.69, 9.17) is 0 Å². The van der Waals surface area contributed by atoms with Crippen LogP contribution in [0.25, 0.3) is 0 Å². The molecule has 0 aliphatic heterocycles. The maximum Gasteiger partial charge on any atom is 0.333 e. The number of rotatable bonds is 5. The number of esters is 1. The number of aromatic nitrogens is 1. The van der Waals surface area contributed by atoms with Crippen molar-refractivity contribution in [3.8, 4) is 11.8 Å². The third-order valence-corrected chi connectivity index (χ3v) is 1.98. The van der Waals surface area contributed by atoms with Crippen molar-refractivity contribution < 1.29 is 29.4 Å². The van der Waals surface area contributed by atoms with E-state index in [2.05, 4.69) is 9.57 Å². The lowest BCUT2D eigenvalue weighted by molar-refractivity contribution is -0.146. The van der Waals surface area contributed by atoms with Crippen LogP contribution in [0.1, 0.15) is 19.3 Å². The Morgan fingerprint density at radius 1 is 1.18 bits per heavy atom. The van der Waals surface area contributed by atoms with Crippen LogP contribution >= 0.6 is 0 Å². The van der Waals surface area contributed by atoms with Gasteiger partial charge in [-0.25, -0.2) is 4.79 Å². The van der Waals surface area contributed by atoms with Crippen LogP contribution in [0.3, 0.4) is 0 Å². The average molecular weight is 243 g/mol. The Bertz CT molecular complexity index is 391. The molecule has 0 radical (unpaired) electrons. The van der Waals surface area contributed by atoms with Gasteiger partial charge in [-0.15, -0.1) is 4.73 Å². The van der Waals surface area contributed by atoms with E-state index < -0.39 is 11.9 Å². The Morgan fingerprint density at radius 3 is 2.24 bits per heavy atom. The van der Waals surface area contributed by atoms with Gasteiger partial charge in [-0.05, 0) is 6.42 Å². The van der Waals surface area contributed by atoms with E-state index in [9.17, 15) is 19.8 Å². The molecule has 0 aromatic carbocycles. The SMILES string of the molecule is COC(=O)CCCC(=O)On1c(O)ccc1O. The van der Waals surface area contributed by atoms with Crippen LogP contribution in [-0.2, 0) is 14.3 Å². The van der Waals surface area contributed by atoms with Gasteiger partial charge in [0.05, 0.1) is 7.11 Å². The van der Waals surface area contributed by atoms with Gasteiger partial charge in [-0.3, -0.25) is 4.79 Å². The molecule has 94 valence electrons. The number of hydrogen-bond acceptors (Lipinski definition) is 6. The molecule has 0 saturated carbocycles. The molecular formula is C10H13NO6. The highest BCUT2D eigenvalue weighted by Crippen LogP contribution is 2.18. The van der Waals surface area contributed by atoms with Gasteiger partial charge in [0.2, 0.25) is 11.8 Å². The summed E-state index contributed by atoms with van der Waals surface area (Å²) in [6.07, 6.45) is 0.357. The fourth-order valence-electron chi connectivity index (χ4n) is 1.12. The number of hydrogen-bond donors (Lipinski definition) is 2. The van der Waals surface area contributed by atoms with Crippen LogP contribution < -0.4 is 4.84 Å². The molecule has 1 aromatic heterocycles. The Hall–Kier alpha value is -2.18. The zero-order valence-corrected chi connectivity index (χ0v) is 9.25. The second-order valence-electron chi connectivity index (χ2n) is 3.24. The fraction of sp³-hybridized carbons (Fsp3) is 0.400. The molecule has 0 atom stereocenters. The number of methoxy groups -OCH3 is 1. The summed E-state index contributed by atoms with van der Waals surface area (Å²) in [6.45, 7) is 0. The Morgan fingerprint density at radius 2 is 1.71 bits per heavy atom. The van der Waals surface area contributed by atoms with Crippen LogP contribution in [-0.4, -0.2) is 34.0 Å². The topological polar surface area (TPSA) is 98.0 Å². The molecule has 7 heteroatoms. The second kappa shape index (κ2) is 5.78. The van der Waals surface area contributed by atoms with Gasteiger partial charge in [0.1, 0.15) is 0 Å². The summed E-state index contributed by atoms with van der Waals surface area (Å²) in [5.74, 6) is -1.85. The molecule has 17 heavy (non-hydrogen) atoms. The smallest absolute Gasteiger partial charge is 0.333 e. The lowest BCUT2D eigenvalue weighted by Crippen LogP contribution is -2.19. The highest BCUT2D eigenvalue weighted by Gasteiger charge is 2.12. The van der Waals surface area contributed by atoms with Crippen molar-refractivity contribution in [3.63, 3.8) is 0 Å². The van der Waals surface area contributed by atoms with Crippen molar-refractivity contribution in [2.24, 2.45) is 0 Å². The molecule has 0 fully saturated rings. The van der Waals surface area contributed by atoms with Gasteiger partial charge in [0.15, 0.2) is 0 Å². The number of carbonyl (C=O) groups is 2. The third-order valence-electron chi connectivity index (χ3n) is 1.98. The quantitative estimate of drug-likeness (QED) is 0.717. The highest BCUT2D eigenvalue weighted by molar-refractivity contribution is 5.72. The van der Waals surface area contributed by atoms with Crippen molar-refractivity contribution in [2.75, 3.05) is 7.11 Å². The number of aromatic hydroxyl groups is 2. The predicted octanol–water partition coefficient (Wildman–Crippen LogP) is 0.198. The highest BCUT2D eigenvalue weighted by atomic mass is 16.7. The maximum atomic E-state index is 11.3. The minimum absolute atomic E-state index is 0.0217. The summed E-state index contributed by atoms with van der Waals surface area (Å²) in [5.41, 5.74) is 0. The van der Waals surface area contributed by atoms with Gasteiger partial charge < -0.3 is 19.8 Å². The first-order chi connectivity index (χ1) is 8.04. The second-order valence-corrected chi connectivity index (χ2v) is 3.24. The summed E-state index contributed by atoms with van der Waals surface area (Å²) in [5, 5.41) is 18.4. The predicted molar refractivity (Wildman–Crippen MR) is 55.2 cm³/mol. The number of carbonyl (C=O) groups excluding carboxylic acids is 2. The normalized spacial score (nSPS) is 9.94. The number of nitrogens with zero attached hydrogens (tertiary/aromatic N) is 1. The Labute approximate surface area is 97.1 Å². The minimum Gasteiger partial charge on any atom is -0.492 e. The zero-order valence-electron chi connectivity index (χ0n) is 9.25. The van der Waals surface area contributed by atoms with Gasteiger partial charge in [0.25, 0.3) is 0 Å². The van der Waals surface area contributed by atoms with Gasteiger partial charge >= 0.3 is 11.9 Å². The summed E-state index contributed by atoms with van der Waals surface area (Å²) in [4.78, 5) is 26.7. The van der Waals surface area contributed by atoms with E-state index in [0.717, 1.165) is 0 Å². The molecule has 0 spiro atoms. The minimum atomic E-state index is -0.671. The van der Waals surface area contributed by atoms with Crippen molar-refractivity contribution in [2.45, 2.75) is 19.3 Å². The molecule has 2 N–H and O–H groups in total. The first-order valence-electron chi connectivity index (χ1n) is 4.92. The Balaban J connectivity index is 2.38. The summed E-state index contributed by atoms with van der Waals surface area (Å²) in [6, 6.07) is 2.36. The van der Waals surface area contributed by atoms with E-state index in [1.54, 1.807) is 0 Å². The lowest BCUT2D eigenvalue weighted by Gasteiger charge is -2.06. The van der Waals surface area contributed by atoms with Crippen LogP contribution in [0.2, 0.25) is 0 Å².